The number of alkyl halides is 3. The summed E-state index contributed by atoms with van der Waals surface area (Å²) in [6.45, 7) is 3.95. The molecule has 0 saturated heterocycles. The van der Waals surface area contributed by atoms with Crippen LogP contribution in [0.5, 0.6) is 0 Å². The predicted molar refractivity (Wildman–Crippen MR) is 129 cm³/mol. The molecule has 2 fully saturated rings. The Morgan fingerprint density at radius 1 is 0.781 bits per heavy atom. The van der Waals surface area contributed by atoms with Crippen molar-refractivity contribution in [2.75, 3.05) is 0 Å². The Kier molecular flexibility index (Phi) is 9.98. The summed E-state index contributed by atoms with van der Waals surface area (Å²) in [5.74, 6) is -0.0118. The van der Waals surface area contributed by atoms with Gasteiger partial charge < -0.3 is 0 Å². The van der Waals surface area contributed by atoms with E-state index in [0.29, 0.717) is 5.92 Å². The van der Waals surface area contributed by atoms with E-state index in [1.54, 1.807) is 19.1 Å². The maximum atomic E-state index is 14.3. The van der Waals surface area contributed by atoms with Crippen LogP contribution < -0.4 is 0 Å². The molecule has 0 nitrogen and oxygen atoms in total. The predicted octanol–water partition coefficient (Wildman–Crippen LogP) is 10.2. The van der Waals surface area contributed by atoms with E-state index in [4.69, 9.17) is 0 Å². The quantitative estimate of drug-likeness (QED) is 0.294. The lowest BCUT2D eigenvalue weighted by molar-refractivity contribution is -0.0807. The van der Waals surface area contributed by atoms with Crippen molar-refractivity contribution in [1.29, 1.82) is 0 Å². The number of hydrogen-bond donors (Lipinski definition) is 0. The molecule has 3 heteroatoms. The van der Waals surface area contributed by atoms with Crippen LogP contribution in [0.15, 0.2) is 24.3 Å². The maximum absolute atomic E-state index is 14.3. The molecule has 2 saturated carbocycles. The smallest absolute Gasteiger partial charge is 0.236 e. The van der Waals surface area contributed by atoms with E-state index in [2.05, 4.69) is 6.92 Å². The van der Waals surface area contributed by atoms with Crippen molar-refractivity contribution in [3.05, 3.63) is 35.4 Å². The first kappa shape index (κ1) is 25.6. The van der Waals surface area contributed by atoms with Crippen LogP contribution in [-0.2, 0) is 0 Å². The van der Waals surface area contributed by atoms with Crippen LogP contribution in [0.2, 0.25) is 0 Å². The van der Waals surface area contributed by atoms with Gasteiger partial charge in [0.25, 0.3) is 5.92 Å². The lowest BCUT2D eigenvalue weighted by Crippen LogP contribution is -2.25. The molecule has 0 radical (unpaired) electrons. The molecule has 1 unspecified atom stereocenters. The number of halogens is 3. The van der Waals surface area contributed by atoms with Gasteiger partial charge in [-0.1, -0.05) is 89.5 Å². The lowest BCUT2D eigenvalue weighted by Gasteiger charge is -2.38. The molecule has 1 aromatic carbocycles. The third-order valence-corrected chi connectivity index (χ3v) is 8.45. The standard InChI is InChI=1S/C29H45F3/c1-3-5-6-7-8-22-9-11-23(12-10-22)24-13-15-25(16-14-24)26-17-19-27(20-18-26)28(30)29(31,32)21-4-2/h17-20,22-25,28H,3-16,21H2,1-2H3/t22-,23-,24?,25?,28?. The second-order valence-corrected chi connectivity index (χ2v) is 10.8. The number of unbranched alkanes of at least 4 members (excludes halogenated alkanes) is 3. The largest absolute Gasteiger partial charge is 0.282 e. The van der Waals surface area contributed by atoms with E-state index >= 15 is 0 Å². The molecule has 0 amide bonds. The molecule has 32 heavy (non-hydrogen) atoms. The molecule has 0 N–H and O–H groups in total. The molecule has 0 aromatic heterocycles. The van der Waals surface area contributed by atoms with Crippen molar-refractivity contribution in [3.63, 3.8) is 0 Å². The highest BCUT2D eigenvalue weighted by Gasteiger charge is 2.40. The Hall–Kier alpha value is -0.990. The average Bonchev–Trinajstić information content (AvgIpc) is 2.82. The zero-order valence-corrected chi connectivity index (χ0v) is 20.4. The van der Waals surface area contributed by atoms with Gasteiger partial charge in [-0.3, -0.25) is 0 Å². The van der Waals surface area contributed by atoms with E-state index in [9.17, 15) is 13.2 Å². The normalized spacial score (nSPS) is 27.9. The highest BCUT2D eigenvalue weighted by Crippen LogP contribution is 2.45. The van der Waals surface area contributed by atoms with E-state index in [0.717, 1.165) is 17.8 Å². The zero-order valence-electron chi connectivity index (χ0n) is 20.4. The van der Waals surface area contributed by atoms with Crippen LogP contribution in [0.1, 0.15) is 133 Å². The minimum absolute atomic E-state index is 0.118. The van der Waals surface area contributed by atoms with Crippen LogP contribution in [0.3, 0.4) is 0 Å². The van der Waals surface area contributed by atoms with Crippen LogP contribution in [0.4, 0.5) is 13.2 Å². The minimum Gasteiger partial charge on any atom is -0.236 e. The van der Waals surface area contributed by atoms with E-state index < -0.39 is 18.5 Å². The van der Waals surface area contributed by atoms with Crippen LogP contribution in [-0.4, -0.2) is 5.92 Å². The molecular weight excluding hydrogens is 405 g/mol. The summed E-state index contributed by atoms with van der Waals surface area (Å²) >= 11 is 0. The van der Waals surface area contributed by atoms with Gasteiger partial charge in [0.05, 0.1) is 0 Å². The minimum atomic E-state index is -3.27. The molecule has 2 aliphatic rings. The van der Waals surface area contributed by atoms with Crippen molar-refractivity contribution in [1.82, 2.24) is 0 Å². The number of benzene rings is 1. The molecule has 0 aliphatic heterocycles. The zero-order chi connectivity index (χ0) is 23.0. The summed E-state index contributed by atoms with van der Waals surface area (Å²) in [4.78, 5) is 0. The van der Waals surface area contributed by atoms with Gasteiger partial charge in [-0.15, -0.1) is 0 Å². The summed E-state index contributed by atoms with van der Waals surface area (Å²) in [6.07, 6.45) is 15.3. The fraction of sp³-hybridized carbons (Fsp3) is 0.793. The molecule has 2 aliphatic carbocycles. The monoisotopic (exact) mass is 450 g/mol. The number of rotatable bonds is 11. The van der Waals surface area contributed by atoms with Gasteiger partial charge in [0.2, 0.25) is 0 Å². The summed E-state index contributed by atoms with van der Waals surface area (Å²) < 4.78 is 42.2. The van der Waals surface area contributed by atoms with Gasteiger partial charge >= 0.3 is 0 Å². The Morgan fingerprint density at radius 3 is 1.94 bits per heavy atom. The summed E-state index contributed by atoms with van der Waals surface area (Å²) in [5.41, 5.74) is 1.32. The first-order valence-corrected chi connectivity index (χ1v) is 13.6. The second-order valence-electron chi connectivity index (χ2n) is 10.8. The second kappa shape index (κ2) is 12.5. The van der Waals surface area contributed by atoms with Crippen LogP contribution in [0, 0.1) is 17.8 Å². The fourth-order valence-electron chi connectivity index (χ4n) is 6.37. The van der Waals surface area contributed by atoms with E-state index in [1.807, 2.05) is 12.1 Å². The van der Waals surface area contributed by atoms with Gasteiger partial charge in [0, 0.05) is 6.42 Å². The van der Waals surface area contributed by atoms with Crippen LogP contribution in [0.25, 0.3) is 0 Å². The van der Waals surface area contributed by atoms with Gasteiger partial charge in [-0.25, -0.2) is 13.2 Å². The van der Waals surface area contributed by atoms with E-state index in [-0.39, 0.29) is 12.0 Å². The molecule has 0 bridgehead atoms. The lowest BCUT2D eigenvalue weighted by atomic mass is 9.68. The molecule has 1 aromatic rings. The van der Waals surface area contributed by atoms with Gasteiger partial charge in [-0.2, -0.15) is 0 Å². The Labute approximate surface area is 194 Å². The first-order valence-electron chi connectivity index (χ1n) is 13.6. The summed E-state index contributed by atoms with van der Waals surface area (Å²) in [5, 5.41) is 0. The Morgan fingerprint density at radius 2 is 1.38 bits per heavy atom. The third-order valence-electron chi connectivity index (χ3n) is 8.45. The maximum Gasteiger partial charge on any atom is 0.282 e. The SMILES string of the molecule is CCCCCC[C@H]1CC[C@H](C2CCC(c3ccc(C(F)C(F)(F)CCC)cc3)CC2)CC1. The Balaban J connectivity index is 1.42. The van der Waals surface area contributed by atoms with Crippen molar-refractivity contribution < 1.29 is 13.2 Å². The van der Waals surface area contributed by atoms with Gasteiger partial charge in [0.15, 0.2) is 6.17 Å². The van der Waals surface area contributed by atoms with Gasteiger partial charge in [0.1, 0.15) is 0 Å². The molecule has 0 heterocycles. The van der Waals surface area contributed by atoms with E-state index in [1.165, 1.54) is 89.0 Å². The van der Waals surface area contributed by atoms with Crippen molar-refractivity contribution in [3.8, 4) is 0 Å². The van der Waals surface area contributed by atoms with Crippen molar-refractivity contribution >= 4 is 0 Å². The van der Waals surface area contributed by atoms with Crippen molar-refractivity contribution in [2.24, 2.45) is 17.8 Å². The van der Waals surface area contributed by atoms with Crippen molar-refractivity contribution in [2.45, 2.75) is 128 Å². The number of hydrogen-bond acceptors (Lipinski definition) is 0. The first-order chi connectivity index (χ1) is 15.4. The molecule has 3 rings (SSSR count). The van der Waals surface area contributed by atoms with Gasteiger partial charge in [-0.05, 0) is 73.3 Å². The molecular formula is C29H45F3. The molecule has 0 spiro atoms. The van der Waals surface area contributed by atoms with Crippen LogP contribution >= 0.6 is 0 Å². The molecule has 182 valence electrons. The Bertz CT molecular complexity index is 637. The third kappa shape index (κ3) is 7.00. The highest BCUT2D eigenvalue weighted by molar-refractivity contribution is 5.28. The highest BCUT2D eigenvalue weighted by atomic mass is 19.3. The topological polar surface area (TPSA) is 0 Å². The molecule has 1 atom stereocenters. The summed E-state index contributed by atoms with van der Waals surface area (Å²) in [7, 11) is 0. The fourth-order valence-corrected chi connectivity index (χ4v) is 6.37. The summed E-state index contributed by atoms with van der Waals surface area (Å²) in [6, 6.07) is 6.99. The average molecular weight is 451 g/mol.